The van der Waals surface area contributed by atoms with E-state index in [1.165, 1.54) is 14.0 Å². The van der Waals surface area contributed by atoms with E-state index in [1.807, 2.05) is 4.90 Å². The first-order valence-electron chi connectivity index (χ1n) is 8.43. The second kappa shape index (κ2) is 6.90. The molecule has 13 nitrogen and oxygen atoms in total. The van der Waals surface area contributed by atoms with Gasteiger partial charge in [-0.2, -0.15) is 0 Å². The lowest BCUT2D eigenvalue weighted by Crippen LogP contribution is -2.55. The number of ketones is 2. The monoisotopic (exact) mass is 432 g/mol. The average Bonchev–Trinajstić information content (AvgIpc) is 3.21. The molecule has 2 saturated heterocycles. The van der Waals surface area contributed by atoms with Crippen molar-refractivity contribution in [2.45, 2.75) is 24.7 Å². The predicted molar refractivity (Wildman–Crippen MR) is 94.4 cm³/mol. The van der Waals surface area contributed by atoms with E-state index in [4.69, 9.17) is 40.2 Å². The summed E-state index contributed by atoms with van der Waals surface area (Å²) in [5, 5.41) is 3.28. The van der Waals surface area contributed by atoms with Crippen LogP contribution < -0.4 is 16.8 Å². The molecule has 0 bridgehead atoms. The summed E-state index contributed by atoms with van der Waals surface area (Å²) in [6, 6.07) is 0.109. The molecule has 2 fully saturated rings. The van der Waals surface area contributed by atoms with Crippen molar-refractivity contribution in [2.24, 2.45) is 17.4 Å². The Hall–Kier alpha value is -2.28. The number of hydrogen-bond donors (Lipinski definition) is 6. The summed E-state index contributed by atoms with van der Waals surface area (Å²) < 4.78 is 19.7. The highest BCUT2D eigenvalue weighted by Gasteiger charge is 2.72. The van der Waals surface area contributed by atoms with Crippen molar-refractivity contribution in [3.05, 3.63) is 22.5 Å². The van der Waals surface area contributed by atoms with Gasteiger partial charge in [-0.3, -0.25) is 9.59 Å². The number of ether oxygens (including phenoxy) is 2. The fourth-order valence-electron chi connectivity index (χ4n) is 4.31. The number of fused-ring (bicyclic) bond motifs is 4. The predicted octanol–water partition coefficient (Wildman–Crippen LogP) is -2.58. The highest BCUT2D eigenvalue weighted by molar-refractivity contribution is 7.45. The van der Waals surface area contributed by atoms with Gasteiger partial charge >= 0.3 is 13.9 Å². The van der Waals surface area contributed by atoms with E-state index in [9.17, 15) is 14.4 Å². The third kappa shape index (κ3) is 3.35. The fraction of sp³-hybridized carbons (Fsp3) is 0.533. The van der Waals surface area contributed by atoms with Gasteiger partial charge in [0.2, 0.25) is 11.6 Å². The molecule has 4 rings (SSSR count). The summed E-state index contributed by atoms with van der Waals surface area (Å²) >= 11 is 0. The Bertz CT molecular complexity index is 901. The number of carbonyl (C=O) groups excluding carboxylic acids is 3. The van der Waals surface area contributed by atoms with Gasteiger partial charge in [-0.15, -0.1) is 0 Å². The molecule has 1 amide bonds. The smallest absolute Gasteiger partial charge is 0.449 e. The normalized spacial score (nSPS) is 32.4. The van der Waals surface area contributed by atoms with E-state index in [0.29, 0.717) is 12.2 Å². The van der Waals surface area contributed by atoms with E-state index in [1.54, 1.807) is 0 Å². The summed E-state index contributed by atoms with van der Waals surface area (Å²) in [6.45, 7) is 1.92. The summed E-state index contributed by atoms with van der Waals surface area (Å²) in [4.78, 5) is 60.0. The molecule has 4 aliphatic rings. The molecule has 160 valence electrons. The maximum atomic E-state index is 12.8. The Kier molecular flexibility index (Phi) is 5.10. The third-order valence-electron chi connectivity index (χ3n) is 5.47. The summed E-state index contributed by atoms with van der Waals surface area (Å²) in [5.74, 6) is -1.34. The molecule has 0 spiro atoms. The van der Waals surface area contributed by atoms with Crippen molar-refractivity contribution in [3.63, 3.8) is 0 Å². The number of hydrogen-bond acceptors (Lipinski definition) is 9. The Morgan fingerprint density at radius 2 is 1.93 bits per heavy atom. The molecule has 0 unspecified atom stereocenters. The lowest BCUT2D eigenvalue weighted by Gasteiger charge is -2.39. The molecule has 0 aromatic carbocycles. The van der Waals surface area contributed by atoms with Crippen molar-refractivity contribution in [3.8, 4) is 0 Å². The minimum absolute atomic E-state index is 0.0586. The summed E-state index contributed by atoms with van der Waals surface area (Å²) in [5.41, 5.74) is 10.7. The Morgan fingerprint density at radius 1 is 1.34 bits per heavy atom. The van der Waals surface area contributed by atoms with E-state index in [-0.39, 0.29) is 41.3 Å². The lowest BCUT2D eigenvalue weighted by atomic mass is 9.82. The van der Waals surface area contributed by atoms with Crippen LogP contribution in [-0.2, 0) is 23.6 Å². The number of methoxy groups -OCH3 is 1. The Balaban J connectivity index is 0.000000431. The molecule has 29 heavy (non-hydrogen) atoms. The molecule has 0 saturated carbocycles. The average molecular weight is 432 g/mol. The minimum atomic E-state index is -4.64. The summed E-state index contributed by atoms with van der Waals surface area (Å²) in [6.07, 6.45) is -0.950. The number of rotatable bonds is 3. The van der Waals surface area contributed by atoms with E-state index in [0.717, 1.165) is 0 Å². The topological polar surface area (TPSA) is 225 Å². The van der Waals surface area contributed by atoms with Crippen LogP contribution in [0.1, 0.15) is 6.92 Å². The van der Waals surface area contributed by atoms with Crippen LogP contribution in [0.15, 0.2) is 22.5 Å². The van der Waals surface area contributed by atoms with Gasteiger partial charge in [-0.05, 0) is 6.92 Å². The second-order valence-corrected chi connectivity index (χ2v) is 8.00. The standard InChI is InChI=1S/C15H18N4O5.H3O4P/c1-5-9(16)12(21)8-6(4-24-14(17)22)15(23-2)13-7(18-13)3-19(15)10(8)11(5)20;1-5(2,3)4/h6-7,13,18H,3-4,16H2,1-2H3,(H2,17,22);(H3,1,2,3,4)/t6-,7+,13+,15-;/m1./s1. The molecular formula is C15H21N4O9P. The number of nitrogens with two attached hydrogens (primary N) is 2. The number of piperazine rings is 1. The molecule has 0 aromatic heterocycles. The maximum Gasteiger partial charge on any atom is 0.466 e. The first kappa shape index (κ1) is 21.4. The molecule has 0 aromatic rings. The number of carbonyl (C=O) groups is 3. The van der Waals surface area contributed by atoms with Crippen molar-refractivity contribution in [1.29, 1.82) is 0 Å². The largest absolute Gasteiger partial charge is 0.466 e. The van der Waals surface area contributed by atoms with Gasteiger partial charge in [-0.25, -0.2) is 9.36 Å². The van der Waals surface area contributed by atoms with Crippen LogP contribution in [0.2, 0.25) is 0 Å². The summed E-state index contributed by atoms with van der Waals surface area (Å²) in [7, 11) is -3.12. The number of allylic oxidation sites excluding steroid dienone is 2. The lowest BCUT2D eigenvalue weighted by molar-refractivity contribution is -0.137. The van der Waals surface area contributed by atoms with Crippen molar-refractivity contribution in [1.82, 2.24) is 10.2 Å². The van der Waals surface area contributed by atoms with Crippen LogP contribution in [0, 0.1) is 5.92 Å². The van der Waals surface area contributed by atoms with Crippen LogP contribution in [-0.4, -0.2) is 75.3 Å². The van der Waals surface area contributed by atoms with Gasteiger partial charge in [0.25, 0.3) is 0 Å². The van der Waals surface area contributed by atoms with Crippen LogP contribution >= 0.6 is 7.82 Å². The van der Waals surface area contributed by atoms with Crippen LogP contribution in [0.3, 0.4) is 0 Å². The van der Waals surface area contributed by atoms with Crippen LogP contribution in [0.5, 0.6) is 0 Å². The second-order valence-electron chi connectivity index (χ2n) is 6.97. The first-order chi connectivity index (χ1) is 13.3. The highest BCUT2D eigenvalue weighted by Crippen LogP contribution is 2.55. The van der Waals surface area contributed by atoms with Gasteiger partial charge in [0.05, 0.1) is 23.4 Å². The van der Waals surface area contributed by atoms with Gasteiger partial charge in [0.15, 0.2) is 5.72 Å². The third-order valence-corrected chi connectivity index (χ3v) is 5.47. The molecular weight excluding hydrogens is 411 g/mol. The van der Waals surface area contributed by atoms with Crippen LogP contribution in [0.25, 0.3) is 0 Å². The highest BCUT2D eigenvalue weighted by atomic mass is 31.2. The van der Waals surface area contributed by atoms with Gasteiger partial charge in [0.1, 0.15) is 6.61 Å². The Morgan fingerprint density at radius 3 is 2.45 bits per heavy atom. The number of Topliss-reactive ketones (excluding diaryl/α,β-unsaturated/α-hetero) is 2. The zero-order valence-electron chi connectivity index (χ0n) is 15.5. The van der Waals surface area contributed by atoms with E-state index >= 15 is 0 Å². The fourth-order valence-corrected chi connectivity index (χ4v) is 4.31. The molecule has 1 aliphatic carbocycles. The number of primary amides is 1. The number of nitrogens with one attached hydrogen (secondary N) is 1. The van der Waals surface area contributed by atoms with Crippen LogP contribution in [0.4, 0.5) is 4.79 Å². The number of nitrogens with zero attached hydrogens (tertiary/aromatic N) is 1. The van der Waals surface area contributed by atoms with E-state index in [2.05, 4.69) is 5.32 Å². The number of amides is 1. The van der Waals surface area contributed by atoms with Crippen molar-refractivity contribution in [2.75, 3.05) is 20.3 Å². The van der Waals surface area contributed by atoms with E-state index < -0.39 is 31.3 Å². The SMILES string of the molecule is CO[C@@]12[C@H](COC(N)=O)C3=C(C(=O)C(C)=C(N)C3=O)N1C[C@@H]1N[C@@H]12.O=P(O)(O)O. The molecule has 3 aliphatic heterocycles. The van der Waals surface area contributed by atoms with Gasteiger partial charge in [-0.1, -0.05) is 0 Å². The molecule has 0 radical (unpaired) electrons. The van der Waals surface area contributed by atoms with Crippen molar-refractivity contribution >= 4 is 25.5 Å². The maximum absolute atomic E-state index is 12.8. The molecule has 3 heterocycles. The van der Waals surface area contributed by atoms with Gasteiger partial charge in [0, 0.05) is 30.8 Å². The molecule has 8 N–H and O–H groups in total. The van der Waals surface area contributed by atoms with Crippen molar-refractivity contribution < 1.29 is 43.1 Å². The Labute approximate surface area is 164 Å². The molecule has 4 atom stereocenters. The molecule has 14 heteroatoms. The zero-order valence-corrected chi connectivity index (χ0v) is 16.4. The quantitative estimate of drug-likeness (QED) is 0.154. The van der Waals surface area contributed by atoms with Gasteiger partial charge < -0.3 is 45.8 Å². The minimum Gasteiger partial charge on any atom is -0.449 e. The zero-order chi connectivity index (χ0) is 21.9. The first-order valence-corrected chi connectivity index (χ1v) is 10.00. The number of phosphoric acid groups is 1.